The van der Waals surface area contributed by atoms with Crippen LogP contribution in [0.2, 0.25) is 0 Å². The van der Waals surface area contributed by atoms with Crippen molar-refractivity contribution >= 4 is 15.9 Å². The van der Waals surface area contributed by atoms with Gasteiger partial charge in [0.05, 0.1) is 0 Å². The first kappa shape index (κ1) is 15.2. The molecule has 0 saturated carbocycles. The van der Waals surface area contributed by atoms with Crippen LogP contribution < -0.4 is 0 Å². The molecule has 0 aromatic rings. The topological polar surface area (TPSA) is 3.24 Å². The second-order valence-corrected chi connectivity index (χ2v) is 4.27. The van der Waals surface area contributed by atoms with Gasteiger partial charge in [0.15, 0.2) is 0 Å². The molecule has 0 N–H and O–H groups in total. The molecule has 0 radical (unpaired) electrons. The summed E-state index contributed by atoms with van der Waals surface area (Å²) in [5.41, 5.74) is 2.64. The van der Waals surface area contributed by atoms with Crippen molar-refractivity contribution in [3.8, 4) is 0 Å². The van der Waals surface area contributed by atoms with Crippen molar-refractivity contribution < 1.29 is 0 Å². The van der Waals surface area contributed by atoms with Crippen molar-refractivity contribution in [2.24, 2.45) is 0 Å². The fourth-order valence-corrected chi connectivity index (χ4v) is 1.86. The molecular formula is C14H22BrN. The predicted molar refractivity (Wildman–Crippen MR) is 77.1 cm³/mol. The van der Waals surface area contributed by atoms with E-state index in [1.165, 1.54) is 17.7 Å². The molecule has 0 fully saturated rings. The van der Waals surface area contributed by atoms with Crippen LogP contribution in [0, 0.1) is 0 Å². The summed E-state index contributed by atoms with van der Waals surface area (Å²) in [6, 6.07) is 0. The first-order valence-electron chi connectivity index (χ1n) is 5.85. The Bertz CT molecular complexity index is 311. The van der Waals surface area contributed by atoms with Gasteiger partial charge in [-0.25, -0.2) is 0 Å². The monoisotopic (exact) mass is 283 g/mol. The SMILES string of the molecule is C=CN1C=C(Br)C=C/C1=C(\C)CCC.CC. The third-order valence-electron chi connectivity index (χ3n) is 2.20. The number of hydrogen-bond acceptors (Lipinski definition) is 1. The summed E-state index contributed by atoms with van der Waals surface area (Å²) in [5.74, 6) is 0. The molecule has 1 aliphatic heterocycles. The molecule has 0 bridgehead atoms. The third kappa shape index (κ3) is 4.40. The van der Waals surface area contributed by atoms with Crippen molar-refractivity contribution in [3.05, 3.63) is 46.9 Å². The van der Waals surface area contributed by atoms with E-state index in [0.29, 0.717) is 0 Å². The van der Waals surface area contributed by atoms with Crippen LogP contribution in [-0.4, -0.2) is 4.90 Å². The zero-order chi connectivity index (χ0) is 12.6. The smallest absolute Gasteiger partial charge is 0.0439 e. The van der Waals surface area contributed by atoms with Crippen LogP contribution in [-0.2, 0) is 0 Å². The number of hydrogen-bond donors (Lipinski definition) is 0. The molecule has 0 aliphatic carbocycles. The second kappa shape index (κ2) is 8.40. The molecule has 16 heavy (non-hydrogen) atoms. The van der Waals surface area contributed by atoms with E-state index in [1.54, 1.807) is 0 Å². The molecule has 1 rings (SSSR count). The van der Waals surface area contributed by atoms with Crippen LogP contribution in [0.25, 0.3) is 0 Å². The Labute approximate surface area is 108 Å². The molecule has 0 aromatic carbocycles. The number of halogens is 1. The molecule has 1 aliphatic rings. The quantitative estimate of drug-likeness (QED) is 0.676. The fraction of sp³-hybridized carbons (Fsp3) is 0.429. The zero-order valence-electron chi connectivity index (χ0n) is 10.8. The molecule has 0 atom stereocenters. The first-order chi connectivity index (χ1) is 7.69. The van der Waals surface area contributed by atoms with E-state index in [4.69, 9.17) is 0 Å². The van der Waals surface area contributed by atoms with Crippen LogP contribution >= 0.6 is 15.9 Å². The van der Waals surface area contributed by atoms with Gasteiger partial charge in [-0.3, -0.25) is 0 Å². The maximum Gasteiger partial charge on any atom is 0.0439 e. The van der Waals surface area contributed by atoms with Gasteiger partial charge in [-0.15, -0.1) is 0 Å². The molecule has 1 nitrogen and oxygen atoms in total. The molecule has 0 saturated heterocycles. The van der Waals surface area contributed by atoms with Crippen molar-refractivity contribution in [3.63, 3.8) is 0 Å². The molecule has 1 heterocycles. The molecule has 0 unspecified atom stereocenters. The van der Waals surface area contributed by atoms with E-state index in [2.05, 4.69) is 53.4 Å². The predicted octanol–water partition coefficient (Wildman–Crippen LogP) is 5.34. The average Bonchev–Trinajstić information content (AvgIpc) is 2.31. The van der Waals surface area contributed by atoms with Gasteiger partial charge in [-0.05, 0) is 47.0 Å². The van der Waals surface area contributed by atoms with Gasteiger partial charge in [0, 0.05) is 22.6 Å². The van der Waals surface area contributed by atoms with Gasteiger partial charge in [-0.1, -0.05) is 33.8 Å². The summed E-state index contributed by atoms with van der Waals surface area (Å²) in [4.78, 5) is 2.05. The first-order valence-corrected chi connectivity index (χ1v) is 6.64. The van der Waals surface area contributed by atoms with Gasteiger partial charge in [0.1, 0.15) is 0 Å². The lowest BCUT2D eigenvalue weighted by molar-refractivity contribution is 0.628. The number of allylic oxidation sites excluding steroid dienone is 4. The minimum Gasteiger partial charge on any atom is -0.323 e. The van der Waals surface area contributed by atoms with Crippen molar-refractivity contribution in [2.75, 3.05) is 0 Å². The normalized spacial score (nSPS) is 17.3. The Morgan fingerprint density at radius 3 is 2.56 bits per heavy atom. The lowest BCUT2D eigenvalue weighted by Gasteiger charge is -2.22. The van der Waals surface area contributed by atoms with Crippen molar-refractivity contribution in [1.82, 2.24) is 4.90 Å². The summed E-state index contributed by atoms with van der Waals surface area (Å²) in [5, 5.41) is 0. The Hall–Kier alpha value is -0.760. The minimum absolute atomic E-state index is 1.07. The lowest BCUT2D eigenvalue weighted by Crippen LogP contribution is -2.12. The highest BCUT2D eigenvalue weighted by Gasteiger charge is 2.08. The van der Waals surface area contributed by atoms with E-state index >= 15 is 0 Å². The van der Waals surface area contributed by atoms with Crippen LogP contribution in [0.1, 0.15) is 40.5 Å². The summed E-state index contributed by atoms with van der Waals surface area (Å²) >= 11 is 3.45. The molecule has 0 amide bonds. The summed E-state index contributed by atoms with van der Waals surface area (Å²) in [6.45, 7) is 12.2. The molecule has 0 spiro atoms. The zero-order valence-corrected chi connectivity index (χ0v) is 12.3. The number of nitrogens with zero attached hydrogens (tertiary/aromatic N) is 1. The van der Waals surface area contributed by atoms with Gasteiger partial charge < -0.3 is 4.90 Å². The highest BCUT2D eigenvalue weighted by Crippen LogP contribution is 2.24. The van der Waals surface area contributed by atoms with E-state index in [-0.39, 0.29) is 0 Å². The molecule has 90 valence electrons. The summed E-state index contributed by atoms with van der Waals surface area (Å²) < 4.78 is 1.07. The highest BCUT2D eigenvalue weighted by molar-refractivity contribution is 9.11. The summed E-state index contributed by atoms with van der Waals surface area (Å²) in [6.07, 6.45) is 10.4. The average molecular weight is 284 g/mol. The molecule has 0 aromatic heterocycles. The van der Waals surface area contributed by atoms with Crippen LogP contribution in [0.5, 0.6) is 0 Å². The van der Waals surface area contributed by atoms with Gasteiger partial charge in [-0.2, -0.15) is 0 Å². The minimum atomic E-state index is 1.07. The van der Waals surface area contributed by atoms with E-state index in [1.807, 2.05) is 26.2 Å². The van der Waals surface area contributed by atoms with E-state index in [0.717, 1.165) is 10.9 Å². The maximum absolute atomic E-state index is 3.80. The van der Waals surface area contributed by atoms with Crippen LogP contribution in [0.3, 0.4) is 0 Å². The van der Waals surface area contributed by atoms with Gasteiger partial charge >= 0.3 is 0 Å². The summed E-state index contributed by atoms with van der Waals surface area (Å²) in [7, 11) is 0. The van der Waals surface area contributed by atoms with Gasteiger partial charge in [0.2, 0.25) is 0 Å². The number of rotatable bonds is 3. The Morgan fingerprint density at radius 2 is 2.06 bits per heavy atom. The van der Waals surface area contributed by atoms with Crippen LogP contribution in [0.4, 0.5) is 0 Å². The maximum atomic E-state index is 3.80. The lowest BCUT2D eigenvalue weighted by atomic mass is 10.1. The third-order valence-corrected chi connectivity index (χ3v) is 2.67. The molecule has 2 heteroatoms. The van der Waals surface area contributed by atoms with Crippen molar-refractivity contribution in [2.45, 2.75) is 40.5 Å². The fourth-order valence-electron chi connectivity index (χ4n) is 1.51. The Kier molecular flexibility index (Phi) is 8.00. The van der Waals surface area contributed by atoms with E-state index in [9.17, 15) is 0 Å². The second-order valence-electron chi connectivity index (χ2n) is 3.35. The van der Waals surface area contributed by atoms with E-state index < -0.39 is 0 Å². The largest absolute Gasteiger partial charge is 0.323 e. The highest BCUT2D eigenvalue weighted by atomic mass is 79.9. The Balaban J connectivity index is 0.00000106. The van der Waals surface area contributed by atoms with Gasteiger partial charge in [0.25, 0.3) is 0 Å². The Morgan fingerprint density at radius 1 is 1.44 bits per heavy atom. The standard InChI is InChI=1S/C12H16BrN.C2H6/c1-4-6-10(3)12-8-7-11(13)9-14(12)5-2;1-2/h5,7-9H,2,4,6H2,1,3H3;1-2H3/b12-10-;. The van der Waals surface area contributed by atoms with Crippen LogP contribution in [0.15, 0.2) is 46.9 Å². The van der Waals surface area contributed by atoms with Crippen molar-refractivity contribution in [1.29, 1.82) is 0 Å². The molecular weight excluding hydrogens is 262 g/mol.